The Kier molecular flexibility index (Phi) is 1.54. The van der Waals surface area contributed by atoms with Crippen molar-refractivity contribution in [3.05, 3.63) is 36.2 Å². The van der Waals surface area contributed by atoms with Crippen molar-refractivity contribution in [3.63, 3.8) is 0 Å². The highest BCUT2D eigenvalue weighted by atomic mass is 15.0. The van der Waals surface area contributed by atoms with Gasteiger partial charge in [0.1, 0.15) is 6.20 Å². The van der Waals surface area contributed by atoms with E-state index in [0.717, 1.165) is 5.65 Å². The van der Waals surface area contributed by atoms with Gasteiger partial charge in [-0.1, -0.05) is 0 Å². The summed E-state index contributed by atoms with van der Waals surface area (Å²) >= 11 is 0. The van der Waals surface area contributed by atoms with Gasteiger partial charge in [0.15, 0.2) is 0 Å². The van der Waals surface area contributed by atoms with Crippen molar-refractivity contribution < 1.29 is 4.57 Å². The molecule has 0 saturated heterocycles. The summed E-state index contributed by atoms with van der Waals surface area (Å²) in [7, 11) is 2.01. The van der Waals surface area contributed by atoms with Crippen LogP contribution in [-0.4, -0.2) is 4.98 Å². The van der Waals surface area contributed by atoms with Gasteiger partial charge < -0.3 is 0 Å². The molecule has 2 aromatic rings. The van der Waals surface area contributed by atoms with E-state index in [0.29, 0.717) is 0 Å². The molecule has 0 amide bonds. The van der Waals surface area contributed by atoms with Gasteiger partial charge in [-0.2, -0.15) is 0 Å². The van der Waals surface area contributed by atoms with Crippen LogP contribution in [0.5, 0.6) is 0 Å². The molecule has 60 valence electrons. The molecule has 0 unspecified atom stereocenters. The minimum absolute atomic E-state index is 1.04. The zero-order chi connectivity index (χ0) is 8.55. The number of hydrogen-bond acceptors (Lipinski definition) is 1. The molecule has 0 aliphatic rings. The normalized spacial score (nSPS) is 10.5. The molecular weight excluding hydrogens is 148 g/mol. The van der Waals surface area contributed by atoms with Gasteiger partial charge in [0, 0.05) is 0 Å². The van der Waals surface area contributed by atoms with Crippen LogP contribution < -0.4 is 4.57 Å². The first kappa shape index (κ1) is 7.22. The molecule has 0 aromatic carbocycles. The Morgan fingerprint density at radius 3 is 2.92 bits per heavy atom. The van der Waals surface area contributed by atoms with Crippen molar-refractivity contribution in [3.8, 4) is 0 Å². The second-order valence-electron chi connectivity index (χ2n) is 2.98. The van der Waals surface area contributed by atoms with Crippen LogP contribution in [0.1, 0.15) is 5.56 Å². The quantitative estimate of drug-likeness (QED) is 0.530. The largest absolute Gasteiger partial charge is 0.330 e. The summed E-state index contributed by atoms with van der Waals surface area (Å²) in [4.78, 5) is 4.30. The second kappa shape index (κ2) is 2.55. The van der Waals surface area contributed by atoms with Gasteiger partial charge in [0.2, 0.25) is 0 Å². The molecule has 2 aromatic heterocycles. The maximum Gasteiger partial charge on any atom is 0.330 e. The van der Waals surface area contributed by atoms with Crippen molar-refractivity contribution in [1.82, 2.24) is 4.98 Å². The molecule has 2 rings (SSSR count). The average molecular weight is 159 g/mol. The molecule has 0 aliphatic heterocycles. The first-order valence-corrected chi connectivity index (χ1v) is 3.99. The number of nitrogens with zero attached hydrogens (tertiary/aromatic N) is 2. The molecule has 2 nitrogen and oxygen atoms in total. The summed E-state index contributed by atoms with van der Waals surface area (Å²) in [5, 5.41) is 1.22. The Morgan fingerprint density at radius 2 is 2.17 bits per heavy atom. The third-order valence-corrected chi connectivity index (χ3v) is 2.09. The van der Waals surface area contributed by atoms with Crippen LogP contribution in [0.2, 0.25) is 0 Å². The molecular formula is C10H11N2+. The van der Waals surface area contributed by atoms with E-state index in [9.17, 15) is 0 Å². The fourth-order valence-corrected chi connectivity index (χ4v) is 1.37. The maximum atomic E-state index is 4.30. The molecule has 0 spiro atoms. The summed E-state index contributed by atoms with van der Waals surface area (Å²) in [6.45, 7) is 2.10. The van der Waals surface area contributed by atoms with E-state index in [-0.39, 0.29) is 0 Å². The number of hydrogen-bond donors (Lipinski definition) is 0. The Morgan fingerprint density at radius 1 is 1.33 bits per heavy atom. The van der Waals surface area contributed by atoms with Crippen LogP contribution in [0.15, 0.2) is 30.6 Å². The molecule has 12 heavy (non-hydrogen) atoms. The van der Waals surface area contributed by atoms with Gasteiger partial charge in [0.05, 0.1) is 18.6 Å². The Hall–Kier alpha value is -1.44. The highest BCUT2D eigenvalue weighted by Crippen LogP contribution is 2.10. The van der Waals surface area contributed by atoms with Crippen LogP contribution in [0.25, 0.3) is 11.0 Å². The fourth-order valence-electron chi connectivity index (χ4n) is 1.37. The van der Waals surface area contributed by atoms with Gasteiger partial charge in [-0.25, -0.2) is 4.57 Å². The highest BCUT2D eigenvalue weighted by molar-refractivity contribution is 5.75. The van der Waals surface area contributed by atoms with Crippen molar-refractivity contribution in [2.45, 2.75) is 6.92 Å². The molecule has 0 atom stereocenters. The van der Waals surface area contributed by atoms with E-state index in [1.807, 2.05) is 30.1 Å². The van der Waals surface area contributed by atoms with Crippen LogP contribution in [0, 0.1) is 6.92 Å². The molecule has 0 radical (unpaired) electrons. The highest BCUT2D eigenvalue weighted by Gasteiger charge is 2.06. The number of aryl methyl sites for hydroxylation is 2. The maximum absolute atomic E-state index is 4.30. The average Bonchev–Trinajstić information content (AvgIpc) is 2.12. The first-order chi connectivity index (χ1) is 5.79. The van der Waals surface area contributed by atoms with Crippen LogP contribution >= 0.6 is 0 Å². The monoisotopic (exact) mass is 159 g/mol. The molecule has 0 bridgehead atoms. The van der Waals surface area contributed by atoms with Crippen molar-refractivity contribution in [1.29, 1.82) is 0 Å². The smallest absolute Gasteiger partial charge is 0.233 e. The predicted molar refractivity (Wildman–Crippen MR) is 47.7 cm³/mol. The summed E-state index contributed by atoms with van der Waals surface area (Å²) in [6.07, 6.45) is 3.85. The zero-order valence-electron chi connectivity index (χ0n) is 7.28. The van der Waals surface area contributed by atoms with Crippen LogP contribution in [0.4, 0.5) is 0 Å². The van der Waals surface area contributed by atoms with Gasteiger partial charge in [-0.15, -0.1) is 0 Å². The van der Waals surface area contributed by atoms with Crippen molar-refractivity contribution in [2.75, 3.05) is 0 Å². The minimum atomic E-state index is 1.04. The lowest BCUT2D eigenvalue weighted by Crippen LogP contribution is -2.29. The number of rotatable bonds is 0. The summed E-state index contributed by atoms with van der Waals surface area (Å²) in [6, 6.07) is 6.16. The van der Waals surface area contributed by atoms with Crippen molar-refractivity contribution in [2.24, 2.45) is 7.05 Å². The van der Waals surface area contributed by atoms with Gasteiger partial charge in [-0.3, -0.25) is 0 Å². The summed E-state index contributed by atoms with van der Waals surface area (Å²) in [5.74, 6) is 0. The lowest BCUT2D eigenvalue weighted by atomic mass is 10.2. The fraction of sp³-hybridized carbons (Fsp3) is 0.200. The van der Waals surface area contributed by atoms with Gasteiger partial charge in [0.25, 0.3) is 0 Å². The van der Waals surface area contributed by atoms with E-state index >= 15 is 0 Å². The van der Waals surface area contributed by atoms with E-state index < -0.39 is 0 Å². The Labute approximate surface area is 71.5 Å². The summed E-state index contributed by atoms with van der Waals surface area (Å²) in [5.41, 5.74) is 2.31. The zero-order valence-corrected chi connectivity index (χ0v) is 7.28. The molecule has 2 heteroatoms. The van der Waals surface area contributed by atoms with Crippen molar-refractivity contribution >= 4 is 11.0 Å². The number of pyridine rings is 2. The lowest BCUT2D eigenvalue weighted by molar-refractivity contribution is -0.646. The molecule has 2 heterocycles. The SMILES string of the molecule is Cc1cc[n+](C)c2ncccc12. The number of fused-ring (bicyclic) bond motifs is 1. The first-order valence-electron chi connectivity index (χ1n) is 3.99. The van der Waals surface area contributed by atoms with Crippen LogP contribution in [-0.2, 0) is 7.05 Å². The van der Waals surface area contributed by atoms with E-state index in [4.69, 9.17) is 0 Å². The predicted octanol–water partition coefficient (Wildman–Crippen LogP) is 1.37. The summed E-state index contributed by atoms with van der Waals surface area (Å²) < 4.78 is 2.03. The minimum Gasteiger partial charge on any atom is -0.233 e. The third-order valence-electron chi connectivity index (χ3n) is 2.09. The van der Waals surface area contributed by atoms with E-state index in [1.54, 1.807) is 0 Å². The van der Waals surface area contributed by atoms with Gasteiger partial charge in [-0.05, 0) is 35.7 Å². The topological polar surface area (TPSA) is 16.8 Å². The van der Waals surface area contributed by atoms with Crippen LogP contribution in [0.3, 0.4) is 0 Å². The Balaban J connectivity index is 2.95. The Bertz CT molecular complexity index is 381. The second-order valence-corrected chi connectivity index (χ2v) is 2.98. The molecule has 0 aliphatic carbocycles. The standard InChI is InChI=1S/C10H11N2/c1-8-5-7-12(2)10-9(8)4-3-6-11-10/h3-7H,1-2H3/q+1. The number of aromatic nitrogens is 2. The van der Waals surface area contributed by atoms with E-state index in [1.165, 1.54) is 10.9 Å². The lowest BCUT2D eigenvalue weighted by Gasteiger charge is -1.97. The molecule has 0 N–H and O–H groups in total. The van der Waals surface area contributed by atoms with Gasteiger partial charge >= 0.3 is 5.65 Å². The van der Waals surface area contributed by atoms with E-state index in [2.05, 4.69) is 24.0 Å². The third kappa shape index (κ3) is 0.961. The molecule has 0 fully saturated rings. The molecule has 0 saturated carbocycles.